The van der Waals surface area contributed by atoms with Gasteiger partial charge in [0.2, 0.25) is 0 Å². The molecule has 0 spiro atoms. The summed E-state index contributed by atoms with van der Waals surface area (Å²) in [6, 6.07) is 7.73. The van der Waals surface area contributed by atoms with Crippen molar-refractivity contribution in [2.45, 2.75) is 16.6 Å². The molecule has 0 N–H and O–H groups in total. The topological polar surface area (TPSA) is 64.8 Å². The van der Waals surface area contributed by atoms with Crippen LogP contribution in [0.1, 0.15) is 0 Å². The lowest BCUT2D eigenvalue weighted by atomic mass is 10.4. The van der Waals surface area contributed by atoms with Crippen LogP contribution in [-0.4, -0.2) is 35.0 Å². The third-order valence-corrected chi connectivity index (χ3v) is 5.36. The van der Waals surface area contributed by atoms with Crippen molar-refractivity contribution in [1.29, 1.82) is 0 Å². The fourth-order valence-corrected chi connectivity index (χ4v) is 3.67. The zero-order chi connectivity index (χ0) is 17.3. The van der Waals surface area contributed by atoms with Gasteiger partial charge in [-0.15, -0.1) is 0 Å². The second-order valence-corrected chi connectivity index (χ2v) is 8.89. The average molecular weight is 386 g/mol. The van der Waals surface area contributed by atoms with E-state index in [1.54, 1.807) is 29.0 Å². The Kier molecular flexibility index (Phi) is 4.80. The fraction of sp³-hybridized carbons (Fsp3) is 0.200. The number of halogens is 2. The van der Waals surface area contributed by atoms with Gasteiger partial charge >= 0.3 is 0 Å². The summed E-state index contributed by atoms with van der Waals surface area (Å²) >= 11 is 7.46. The number of benzene rings is 1. The van der Waals surface area contributed by atoms with Gasteiger partial charge in [0.1, 0.15) is 26.5 Å². The van der Waals surface area contributed by atoms with Crippen molar-refractivity contribution in [3.8, 4) is 0 Å². The number of rotatable bonds is 5. The number of aryl methyl sites for hydroxylation is 1. The molecule has 0 aliphatic heterocycles. The van der Waals surface area contributed by atoms with Crippen molar-refractivity contribution >= 4 is 44.2 Å². The number of sulfone groups is 1. The van der Waals surface area contributed by atoms with Gasteiger partial charge in [-0.3, -0.25) is 0 Å². The van der Waals surface area contributed by atoms with E-state index in [0.717, 1.165) is 4.90 Å². The maximum absolute atomic E-state index is 13.0. The minimum Gasteiger partial charge on any atom is -0.331 e. The quantitative estimate of drug-likeness (QED) is 0.497. The molecule has 0 radical (unpaired) electrons. The first-order valence-electron chi connectivity index (χ1n) is 6.95. The second kappa shape index (κ2) is 6.70. The highest BCUT2D eigenvalue weighted by Crippen LogP contribution is 2.29. The summed E-state index contributed by atoms with van der Waals surface area (Å²) in [6.07, 6.45) is 2.93. The fourth-order valence-electron chi connectivity index (χ4n) is 2.11. The number of fused-ring (bicyclic) bond motifs is 1. The Bertz CT molecular complexity index is 988. The van der Waals surface area contributed by atoms with E-state index in [1.807, 2.05) is 0 Å². The summed E-state index contributed by atoms with van der Waals surface area (Å²) in [5, 5.41) is 1.37. The van der Waals surface area contributed by atoms with E-state index < -0.39 is 9.84 Å². The monoisotopic (exact) mass is 385 g/mol. The molecular weight excluding hydrogens is 373 g/mol. The van der Waals surface area contributed by atoms with Gasteiger partial charge in [0.05, 0.1) is 11.1 Å². The van der Waals surface area contributed by atoms with Gasteiger partial charge in [-0.05, 0) is 42.1 Å². The Morgan fingerprint density at radius 1 is 1.21 bits per heavy atom. The lowest BCUT2D eigenvalue weighted by molar-refractivity contribution is 0.595. The largest absolute Gasteiger partial charge is 0.331 e. The molecule has 0 aliphatic rings. The summed E-state index contributed by atoms with van der Waals surface area (Å²) in [7, 11) is -3.08. The Morgan fingerprint density at radius 2 is 1.92 bits per heavy atom. The van der Waals surface area contributed by atoms with E-state index >= 15 is 0 Å². The van der Waals surface area contributed by atoms with Gasteiger partial charge in [-0.25, -0.2) is 22.8 Å². The number of aromatic nitrogens is 3. The van der Waals surface area contributed by atoms with E-state index in [0.29, 0.717) is 21.3 Å². The smallest absolute Gasteiger partial charge is 0.195 e. The third kappa shape index (κ3) is 4.06. The zero-order valence-electron chi connectivity index (χ0n) is 12.6. The van der Waals surface area contributed by atoms with Crippen molar-refractivity contribution in [2.24, 2.45) is 0 Å². The number of hydrogen-bond acceptors (Lipinski definition) is 5. The standard InChI is InChI=1S/C15H13ClFN3O2S2/c1-24(21,22)9-8-20-7-6-12-13(16)18-15(19-14(12)20)23-11-4-2-10(17)3-5-11/h2-7H,8-9H2,1H3. The number of nitrogens with zero attached hydrogens (tertiary/aromatic N) is 3. The molecule has 3 aromatic rings. The Hall–Kier alpha value is -1.64. The van der Waals surface area contributed by atoms with Crippen LogP contribution in [0.15, 0.2) is 46.6 Å². The van der Waals surface area contributed by atoms with Crippen LogP contribution in [-0.2, 0) is 16.4 Å². The first-order chi connectivity index (χ1) is 11.3. The van der Waals surface area contributed by atoms with Gasteiger partial charge in [-0.1, -0.05) is 11.6 Å². The molecule has 0 saturated heterocycles. The maximum Gasteiger partial charge on any atom is 0.195 e. The number of hydrogen-bond donors (Lipinski definition) is 0. The van der Waals surface area contributed by atoms with Gasteiger partial charge < -0.3 is 4.57 Å². The predicted molar refractivity (Wildman–Crippen MR) is 92.8 cm³/mol. The van der Waals surface area contributed by atoms with Crippen molar-refractivity contribution in [1.82, 2.24) is 14.5 Å². The molecule has 1 aromatic carbocycles. The minimum atomic E-state index is -3.08. The molecule has 5 nitrogen and oxygen atoms in total. The SMILES string of the molecule is CS(=O)(=O)CCn1ccc2c(Cl)nc(Sc3ccc(F)cc3)nc21. The Balaban J connectivity index is 1.93. The molecule has 0 atom stereocenters. The van der Waals surface area contributed by atoms with Gasteiger partial charge in [-0.2, -0.15) is 0 Å². The maximum atomic E-state index is 13.0. The summed E-state index contributed by atoms with van der Waals surface area (Å²) in [6.45, 7) is 0.288. The van der Waals surface area contributed by atoms with Crippen LogP contribution in [0, 0.1) is 5.82 Å². The van der Waals surface area contributed by atoms with Crippen molar-refractivity contribution < 1.29 is 12.8 Å². The summed E-state index contributed by atoms with van der Waals surface area (Å²) in [5.41, 5.74) is 0.572. The van der Waals surface area contributed by atoms with E-state index in [2.05, 4.69) is 9.97 Å². The van der Waals surface area contributed by atoms with Crippen LogP contribution in [0.5, 0.6) is 0 Å². The van der Waals surface area contributed by atoms with Crippen LogP contribution in [0.25, 0.3) is 11.0 Å². The molecule has 0 amide bonds. The molecule has 2 heterocycles. The third-order valence-electron chi connectivity index (χ3n) is 3.28. The summed E-state index contributed by atoms with van der Waals surface area (Å²) < 4.78 is 37.4. The Morgan fingerprint density at radius 3 is 2.58 bits per heavy atom. The van der Waals surface area contributed by atoms with Crippen LogP contribution < -0.4 is 0 Å². The molecule has 9 heteroatoms. The molecule has 0 unspecified atom stereocenters. The van der Waals surface area contributed by atoms with E-state index in [9.17, 15) is 12.8 Å². The zero-order valence-corrected chi connectivity index (χ0v) is 15.0. The van der Waals surface area contributed by atoms with Crippen molar-refractivity contribution in [2.75, 3.05) is 12.0 Å². The molecule has 24 heavy (non-hydrogen) atoms. The Labute approximate surface area is 147 Å². The summed E-state index contributed by atoms with van der Waals surface area (Å²) in [4.78, 5) is 9.47. The van der Waals surface area contributed by atoms with Crippen molar-refractivity contribution in [3.63, 3.8) is 0 Å². The molecular formula is C15H13ClFN3O2S2. The van der Waals surface area contributed by atoms with Crippen LogP contribution in [0.3, 0.4) is 0 Å². The van der Waals surface area contributed by atoms with Gasteiger partial charge in [0, 0.05) is 23.9 Å². The van der Waals surface area contributed by atoms with Gasteiger partial charge in [0.15, 0.2) is 5.16 Å². The second-order valence-electron chi connectivity index (χ2n) is 5.23. The van der Waals surface area contributed by atoms with Crippen LogP contribution in [0.2, 0.25) is 5.15 Å². The molecule has 0 saturated carbocycles. The minimum absolute atomic E-state index is 0.0127. The highest BCUT2D eigenvalue weighted by molar-refractivity contribution is 7.99. The highest BCUT2D eigenvalue weighted by Gasteiger charge is 2.13. The molecule has 3 rings (SSSR count). The summed E-state index contributed by atoms with van der Waals surface area (Å²) in [5.74, 6) is -0.304. The van der Waals surface area contributed by atoms with E-state index in [-0.39, 0.29) is 18.1 Å². The molecule has 0 fully saturated rings. The van der Waals surface area contributed by atoms with Crippen LogP contribution in [0.4, 0.5) is 4.39 Å². The lowest BCUT2D eigenvalue weighted by Crippen LogP contribution is -2.11. The molecule has 2 aromatic heterocycles. The van der Waals surface area contributed by atoms with E-state index in [1.165, 1.54) is 30.2 Å². The molecule has 0 bridgehead atoms. The van der Waals surface area contributed by atoms with Crippen LogP contribution >= 0.6 is 23.4 Å². The highest BCUT2D eigenvalue weighted by atomic mass is 35.5. The molecule has 0 aliphatic carbocycles. The lowest BCUT2D eigenvalue weighted by Gasteiger charge is -2.06. The average Bonchev–Trinajstić information content (AvgIpc) is 2.90. The van der Waals surface area contributed by atoms with Crippen molar-refractivity contribution in [3.05, 3.63) is 47.5 Å². The first-order valence-corrected chi connectivity index (χ1v) is 10.2. The first kappa shape index (κ1) is 17.2. The normalized spacial score (nSPS) is 12.0. The predicted octanol–water partition coefficient (Wildman–Crippen LogP) is 3.42. The molecule has 126 valence electrons. The van der Waals surface area contributed by atoms with Gasteiger partial charge in [0.25, 0.3) is 0 Å². The van der Waals surface area contributed by atoms with E-state index in [4.69, 9.17) is 11.6 Å².